The second-order valence-electron chi connectivity index (χ2n) is 4.82. The predicted octanol–water partition coefficient (Wildman–Crippen LogP) is 3.09. The largest absolute Gasteiger partial charge is 0.302 e. The molecule has 110 valence electrons. The van der Waals surface area contributed by atoms with Crippen LogP contribution in [0.25, 0.3) is 0 Å². The summed E-state index contributed by atoms with van der Waals surface area (Å²) in [5.74, 6) is -0.153. The first-order valence-electron chi connectivity index (χ1n) is 6.79. The number of benzene rings is 1. The molecule has 0 aliphatic carbocycles. The molecule has 0 unspecified atom stereocenters. The fraction of sp³-hybridized carbons (Fsp3) is 0.125. The van der Waals surface area contributed by atoms with Gasteiger partial charge in [0.2, 0.25) is 0 Å². The number of para-hydroxylation sites is 1. The zero-order chi connectivity index (χ0) is 15.4. The fourth-order valence-electron chi connectivity index (χ4n) is 2.20. The molecule has 0 aliphatic heterocycles. The third-order valence-corrected chi connectivity index (χ3v) is 3.83. The standard InChI is InChI=1S/C16H14N4OS/c1-12-4-2-3-5-15(12)20(10-13-6-8-17-9-7-13)16(21)14-11-22-19-18-14/h2-9,11H,10H2,1H3. The van der Waals surface area contributed by atoms with Gasteiger partial charge in [0.05, 0.1) is 6.54 Å². The molecule has 0 atom stereocenters. The Morgan fingerprint density at radius 2 is 1.95 bits per heavy atom. The van der Waals surface area contributed by atoms with Gasteiger partial charge in [-0.2, -0.15) is 0 Å². The van der Waals surface area contributed by atoms with Crippen LogP contribution in [-0.2, 0) is 6.54 Å². The van der Waals surface area contributed by atoms with Crippen molar-refractivity contribution >= 4 is 23.1 Å². The Bertz CT molecular complexity index is 759. The van der Waals surface area contributed by atoms with E-state index >= 15 is 0 Å². The highest BCUT2D eigenvalue weighted by atomic mass is 32.1. The summed E-state index contributed by atoms with van der Waals surface area (Å²) in [6.45, 7) is 2.45. The van der Waals surface area contributed by atoms with Gasteiger partial charge in [-0.05, 0) is 47.8 Å². The molecule has 3 rings (SSSR count). The van der Waals surface area contributed by atoms with Crippen molar-refractivity contribution < 1.29 is 4.79 Å². The van der Waals surface area contributed by atoms with Gasteiger partial charge in [0.25, 0.3) is 5.91 Å². The van der Waals surface area contributed by atoms with E-state index in [9.17, 15) is 4.79 Å². The summed E-state index contributed by atoms with van der Waals surface area (Å²) in [5, 5.41) is 5.57. The van der Waals surface area contributed by atoms with Gasteiger partial charge in [-0.1, -0.05) is 22.7 Å². The van der Waals surface area contributed by atoms with Crippen LogP contribution >= 0.6 is 11.5 Å². The Kier molecular flexibility index (Phi) is 4.20. The van der Waals surface area contributed by atoms with Gasteiger partial charge in [-0.25, -0.2) is 0 Å². The molecule has 2 aromatic heterocycles. The van der Waals surface area contributed by atoms with Crippen molar-refractivity contribution in [3.63, 3.8) is 0 Å². The normalized spacial score (nSPS) is 10.4. The van der Waals surface area contributed by atoms with Crippen molar-refractivity contribution in [2.75, 3.05) is 4.90 Å². The van der Waals surface area contributed by atoms with Crippen molar-refractivity contribution in [2.45, 2.75) is 13.5 Å². The van der Waals surface area contributed by atoms with Crippen LogP contribution in [0.4, 0.5) is 5.69 Å². The molecule has 22 heavy (non-hydrogen) atoms. The Morgan fingerprint density at radius 1 is 1.18 bits per heavy atom. The van der Waals surface area contributed by atoms with Crippen LogP contribution < -0.4 is 4.90 Å². The van der Waals surface area contributed by atoms with Gasteiger partial charge < -0.3 is 4.90 Å². The molecule has 0 N–H and O–H groups in total. The molecule has 3 aromatic rings. The van der Waals surface area contributed by atoms with E-state index in [2.05, 4.69) is 14.6 Å². The first kappa shape index (κ1) is 14.3. The Labute approximate surface area is 132 Å². The lowest BCUT2D eigenvalue weighted by Crippen LogP contribution is -2.31. The average molecular weight is 310 g/mol. The lowest BCUT2D eigenvalue weighted by molar-refractivity contribution is 0.0980. The molecular formula is C16H14N4OS. The van der Waals surface area contributed by atoms with Crippen LogP contribution in [0.15, 0.2) is 54.2 Å². The highest BCUT2D eigenvalue weighted by molar-refractivity contribution is 7.03. The van der Waals surface area contributed by atoms with Crippen LogP contribution in [0, 0.1) is 6.92 Å². The number of anilines is 1. The van der Waals surface area contributed by atoms with E-state index in [-0.39, 0.29) is 5.91 Å². The molecule has 0 aliphatic rings. The Balaban J connectivity index is 1.99. The van der Waals surface area contributed by atoms with E-state index in [0.29, 0.717) is 12.2 Å². The van der Waals surface area contributed by atoms with Crippen LogP contribution in [0.5, 0.6) is 0 Å². The van der Waals surface area contributed by atoms with E-state index in [1.807, 2.05) is 43.3 Å². The van der Waals surface area contributed by atoms with E-state index < -0.39 is 0 Å². The molecular weight excluding hydrogens is 296 g/mol. The monoisotopic (exact) mass is 310 g/mol. The summed E-state index contributed by atoms with van der Waals surface area (Å²) in [4.78, 5) is 18.5. The van der Waals surface area contributed by atoms with E-state index in [1.165, 1.54) is 11.5 Å². The molecule has 0 spiro atoms. The Hall–Kier alpha value is -2.60. The number of carbonyl (C=O) groups excluding carboxylic acids is 1. The summed E-state index contributed by atoms with van der Waals surface area (Å²) in [5.41, 5.74) is 3.28. The van der Waals surface area contributed by atoms with Crippen LogP contribution in [0.3, 0.4) is 0 Å². The van der Waals surface area contributed by atoms with Crippen molar-refractivity contribution in [1.82, 2.24) is 14.6 Å². The second-order valence-corrected chi connectivity index (χ2v) is 5.43. The molecule has 1 amide bonds. The third kappa shape index (κ3) is 3.01. The van der Waals surface area contributed by atoms with Crippen molar-refractivity contribution in [3.05, 3.63) is 71.0 Å². The van der Waals surface area contributed by atoms with Gasteiger partial charge in [-0.3, -0.25) is 9.78 Å². The molecule has 0 saturated heterocycles. The SMILES string of the molecule is Cc1ccccc1N(Cc1ccncc1)C(=O)c1csnn1. The molecule has 0 saturated carbocycles. The zero-order valence-corrected chi connectivity index (χ0v) is 12.8. The van der Waals surface area contributed by atoms with Crippen molar-refractivity contribution in [3.8, 4) is 0 Å². The summed E-state index contributed by atoms with van der Waals surface area (Å²) >= 11 is 1.17. The molecule has 0 bridgehead atoms. The highest BCUT2D eigenvalue weighted by Crippen LogP contribution is 2.23. The van der Waals surface area contributed by atoms with Crippen LogP contribution in [0.2, 0.25) is 0 Å². The maximum absolute atomic E-state index is 12.8. The first-order chi connectivity index (χ1) is 10.8. The van der Waals surface area contributed by atoms with Crippen molar-refractivity contribution in [2.24, 2.45) is 0 Å². The number of aromatic nitrogens is 3. The summed E-state index contributed by atoms with van der Waals surface area (Å²) in [7, 11) is 0. The third-order valence-electron chi connectivity index (χ3n) is 3.32. The number of hydrogen-bond donors (Lipinski definition) is 0. The number of pyridine rings is 1. The topological polar surface area (TPSA) is 59.0 Å². The minimum absolute atomic E-state index is 0.153. The van der Waals surface area contributed by atoms with Crippen LogP contribution in [0.1, 0.15) is 21.6 Å². The minimum atomic E-state index is -0.153. The molecule has 0 fully saturated rings. The van der Waals surface area contributed by atoms with Gasteiger partial charge in [0.15, 0.2) is 5.69 Å². The molecule has 6 heteroatoms. The number of hydrogen-bond acceptors (Lipinski definition) is 5. The first-order valence-corrected chi connectivity index (χ1v) is 7.63. The number of rotatable bonds is 4. The molecule has 1 aromatic carbocycles. The maximum Gasteiger partial charge on any atom is 0.280 e. The molecule has 2 heterocycles. The van der Waals surface area contributed by atoms with Gasteiger partial charge in [0, 0.05) is 23.5 Å². The molecule has 5 nitrogen and oxygen atoms in total. The second kappa shape index (κ2) is 6.44. The number of aryl methyl sites for hydroxylation is 1. The minimum Gasteiger partial charge on any atom is -0.302 e. The van der Waals surface area contributed by atoms with Gasteiger partial charge in [0.1, 0.15) is 0 Å². The van der Waals surface area contributed by atoms with Crippen LogP contribution in [-0.4, -0.2) is 20.5 Å². The van der Waals surface area contributed by atoms with E-state index in [1.54, 1.807) is 22.7 Å². The zero-order valence-electron chi connectivity index (χ0n) is 12.0. The van der Waals surface area contributed by atoms with E-state index in [0.717, 1.165) is 16.8 Å². The number of carbonyl (C=O) groups is 1. The fourth-order valence-corrected chi connectivity index (χ4v) is 2.63. The number of amides is 1. The maximum atomic E-state index is 12.8. The average Bonchev–Trinajstić information content (AvgIpc) is 3.08. The summed E-state index contributed by atoms with van der Waals surface area (Å²) in [6, 6.07) is 11.6. The lowest BCUT2D eigenvalue weighted by atomic mass is 10.1. The lowest BCUT2D eigenvalue weighted by Gasteiger charge is -2.23. The highest BCUT2D eigenvalue weighted by Gasteiger charge is 2.21. The predicted molar refractivity (Wildman–Crippen MR) is 85.8 cm³/mol. The molecule has 0 radical (unpaired) electrons. The smallest absolute Gasteiger partial charge is 0.280 e. The van der Waals surface area contributed by atoms with E-state index in [4.69, 9.17) is 0 Å². The quantitative estimate of drug-likeness (QED) is 0.743. The van der Waals surface area contributed by atoms with Gasteiger partial charge in [-0.15, -0.1) is 5.10 Å². The van der Waals surface area contributed by atoms with Gasteiger partial charge >= 0.3 is 0 Å². The summed E-state index contributed by atoms with van der Waals surface area (Å²) < 4.78 is 3.78. The number of nitrogens with zero attached hydrogens (tertiary/aromatic N) is 4. The summed E-state index contributed by atoms with van der Waals surface area (Å²) in [6.07, 6.45) is 3.44. The Morgan fingerprint density at radius 3 is 2.64 bits per heavy atom. The van der Waals surface area contributed by atoms with Crippen molar-refractivity contribution in [1.29, 1.82) is 0 Å².